The fraction of sp³-hybridized carbons (Fsp3) is 0.765. The van der Waals surface area contributed by atoms with Crippen LogP contribution in [0.1, 0.15) is 105 Å². The van der Waals surface area contributed by atoms with Crippen LogP contribution in [-0.2, 0) is 9.53 Å². The average Bonchev–Trinajstić information content (AvgIpc) is 3.00. The summed E-state index contributed by atoms with van der Waals surface area (Å²) in [5, 5.41) is 16.5. The lowest BCUT2D eigenvalue weighted by Crippen LogP contribution is -2.50. The topological polar surface area (TPSA) is 94.1 Å². The second-order valence-corrected chi connectivity index (χ2v) is 13.7. The summed E-state index contributed by atoms with van der Waals surface area (Å²) in [6, 6.07) is 5.79. The van der Waals surface area contributed by atoms with Crippen LogP contribution in [0.5, 0.6) is 0 Å². The van der Waals surface area contributed by atoms with Crippen molar-refractivity contribution in [3.05, 3.63) is 28.8 Å². The molecule has 3 aliphatic heterocycles. The summed E-state index contributed by atoms with van der Waals surface area (Å²) in [5.41, 5.74) is 4.05. The lowest BCUT2D eigenvalue weighted by atomic mass is 9.82. The van der Waals surface area contributed by atoms with Gasteiger partial charge in [-0.25, -0.2) is 0 Å². The highest BCUT2D eigenvalue weighted by Crippen LogP contribution is 2.38. The summed E-state index contributed by atoms with van der Waals surface area (Å²) in [6.45, 7) is 9.25. The van der Waals surface area contributed by atoms with Crippen LogP contribution in [0.4, 0.5) is 5.69 Å². The molecule has 5 atom stereocenters. The quantitative estimate of drug-likeness (QED) is 0.422. The van der Waals surface area contributed by atoms with E-state index in [1.54, 1.807) is 0 Å². The van der Waals surface area contributed by atoms with E-state index in [-0.39, 0.29) is 42.3 Å². The summed E-state index contributed by atoms with van der Waals surface area (Å²) in [6.07, 6.45) is 11.2. The number of aliphatic hydroxyl groups excluding tert-OH is 1. The highest BCUT2D eigenvalue weighted by atomic mass is 16.5. The van der Waals surface area contributed by atoms with Crippen molar-refractivity contribution in [1.82, 2.24) is 15.5 Å². The minimum atomic E-state index is -0.212. The Morgan fingerprint density at radius 1 is 1.10 bits per heavy atom. The molecular formula is C34H54N4O4. The average molecular weight is 583 g/mol. The standard InChI is InChI=1S/C34H54N4O4/c1-22-16-23(2)36-34(41)31(22)19-35-33(40)30-17-26(18-32(24(30)3)37(4)27-12-14-42-15-13-27)25-10-11-29(21-39)38(20-25)28-8-6-5-7-9-28/h17-18,22-23,25,27-29,31,39H,5-16,19-21H2,1-4H3,(H,35,40)(H,36,41). The van der Waals surface area contributed by atoms with Gasteiger partial charge < -0.3 is 25.4 Å². The third kappa shape index (κ3) is 6.97. The zero-order valence-electron chi connectivity index (χ0n) is 26.4. The van der Waals surface area contributed by atoms with Crippen LogP contribution in [0.15, 0.2) is 12.1 Å². The van der Waals surface area contributed by atoms with Crippen LogP contribution < -0.4 is 15.5 Å². The molecule has 2 amide bonds. The van der Waals surface area contributed by atoms with Gasteiger partial charge in [0, 0.05) is 68.8 Å². The van der Waals surface area contributed by atoms with Crippen LogP contribution in [0, 0.1) is 18.8 Å². The summed E-state index contributed by atoms with van der Waals surface area (Å²) >= 11 is 0. The van der Waals surface area contributed by atoms with E-state index in [2.05, 4.69) is 53.5 Å². The van der Waals surface area contributed by atoms with Crippen LogP contribution in [0.2, 0.25) is 0 Å². The maximum Gasteiger partial charge on any atom is 0.251 e. The van der Waals surface area contributed by atoms with Crippen LogP contribution in [0.25, 0.3) is 0 Å². The van der Waals surface area contributed by atoms with Crippen molar-refractivity contribution in [1.29, 1.82) is 0 Å². The third-order valence-electron chi connectivity index (χ3n) is 10.9. The van der Waals surface area contributed by atoms with E-state index in [4.69, 9.17) is 4.74 Å². The number of likely N-dealkylation sites (tertiary alicyclic amines) is 1. The molecule has 8 heteroatoms. The second kappa shape index (κ2) is 14.1. The first-order valence-corrected chi connectivity index (χ1v) is 16.7. The van der Waals surface area contributed by atoms with Gasteiger partial charge in [0.15, 0.2) is 0 Å². The Hall–Kier alpha value is -2.16. The number of piperidine rings is 2. The third-order valence-corrected chi connectivity index (χ3v) is 10.9. The van der Waals surface area contributed by atoms with Crippen molar-refractivity contribution < 1.29 is 19.4 Å². The first-order chi connectivity index (χ1) is 20.3. The van der Waals surface area contributed by atoms with E-state index < -0.39 is 0 Å². The van der Waals surface area contributed by atoms with Gasteiger partial charge in [0.2, 0.25) is 5.91 Å². The number of nitrogens with zero attached hydrogens (tertiary/aromatic N) is 2. The zero-order valence-corrected chi connectivity index (χ0v) is 26.4. The fourth-order valence-electron chi connectivity index (χ4n) is 8.19. The zero-order chi connectivity index (χ0) is 29.8. The van der Waals surface area contributed by atoms with Crippen molar-refractivity contribution in [2.24, 2.45) is 11.8 Å². The van der Waals surface area contributed by atoms with E-state index in [0.29, 0.717) is 30.1 Å². The fourth-order valence-corrected chi connectivity index (χ4v) is 8.19. The number of nitrogens with one attached hydrogen (secondary N) is 2. The number of anilines is 1. The molecule has 3 N–H and O–H groups in total. The molecule has 0 radical (unpaired) electrons. The van der Waals surface area contributed by atoms with E-state index in [1.807, 2.05) is 6.92 Å². The maximum absolute atomic E-state index is 13.9. The molecule has 3 saturated heterocycles. The first kappa shape index (κ1) is 31.3. The number of aliphatic hydroxyl groups is 1. The number of hydrogen-bond acceptors (Lipinski definition) is 6. The minimum absolute atomic E-state index is 0.0374. The predicted octanol–water partition coefficient (Wildman–Crippen LogP) is 4.37. The smallest absolute Gasteiger partial charge is 0.251 e. The van der Waals surface area contributed by atoms with Gasteiger partial charge in [-0.3, -0.25) is 14.5 Å². The Morgan fingerprint density at radius 2 is 1.83 bits per heavy atom. The first-order valence-electron chi connectivity index (χ1n) is 16.7. The van der Waals surface area contributed by atoms with Gasteiger partial charge in [-0.2, -0.15) is 0 Å². The van der Waals surface area contributed by atoms with Gasteiger partial charge in [0.25, 0.3) is 5.91 Å². The summed E-state index contributed by atoms with van der Waals surface area (Å²) in [7, 11) is 2.16. The van der Waals surface area contributed by atoms with E-state index in [0.717, 1.165) is 63.1 Å². The summed E-state index contributed by atoms with van der Waals surface area (Å²) < 4.78 is 5.65. The molecule has 0 aromatic heterocycles. The van der Waals surface area contributed by atoms with Crippen LogP contribution >= 0.6 is 0 Å². The lowest BCUT2D eigenvalue weighted by Gasteiger charge is -2.45. The van der Waals surface area contributed by atoms with Gasteiger partial charge in [0.05, 0.1) is 12.5 Å². The predicted molar refractivity (Wildman–Crippen MR) is 167 cm³/mol. The van der Waals surface area contributed by atoms with Gasteiger partial charge in [-0.05, 0) is 93.9 Å². The molecule has 0 bridgehead atoms. The number of rotatable bonds is 8. The Kier molecular flexibility index (Phi) is 10.5. The molecule has 5 rings (SSSR count). The van der Waals surface area contributed by atoms with Gasteiger partial charge in [-0.1, -0.05) is 26.2 Å². The molecule has 1 saturated carbocycles. The Labute approximate surface area is 252 Å². The highest BCUT2D eigenvalue weighted by Gasteiger charge is 2.36. The van der Waals surface area contributed by atoms with Gasteiger partial charge >= 0.3 is 0 Å². The molecule has 4 aliphatic rings. The SMILES string of the molecule is Cc1c(C(=O)NCC2C(=O)NC(C)CC2C)cc(C2CCC(CO)N(C3CCCCC3)C2)cc1N(C)C1CCOCC1. The molecular weight excluding hydrogens is 528 g/mol. The van der Waals surface area contributed by atoms with Gasteiger partial charge in [-0.15, -0.1) is 0 Å². The number of carbonyl (C=O) groups is 2. The normalized spacial score (nSPS) is 30.1. The lowest BCUT2D eigenvalue weighted by molar-refractivity contribution is -0.129. The second-order valence-electron chi connectivity index (χ2n) is 13.7. The molecule has 3 heterocycles. The molecule has 234 valence electrons. The molecule has 1 aromatic rings. The van der Waals surface area contributed by atoms with E-state index in [1.165, 1.54) is 37.7 Å². The number of carbonyl (C=O) groups excluding carboxylic acids is 2. The maximum atomic E-state index is 13.9. The summed E-state index contributed by atoms with van der Waals surface area (Å²) in [5.74, 6) is 0.271. The Morgan fingerprint density at radius 3 is 2.52 bits per heavy atom. The van der Waals surface area contributed by atoms with Gasteiger partial charge in [0.1, 0.15) is 0 Å². The van der Waals surface area contributed by atoms with Crippen molar-refractivity contribution in [3.63, 3.8) is 0 Å². The largest absolute Gasteiger partial charge is 0.395 e. The monoisotopic (exact) mass is 582 g/mol. The van der Waals surface area contributed by atoms with Crippen molar-refractivity contribution >= 4 is 17.5 Å². The Bertz CT molecular complexity index is 1080. The number of amides is 2. The van der Waals surface area contributed by atoms with E-state index >= 15 is 0 Å². The van der Waals surface area contributed by atoms with Crippen LogP contribution in [-0.4, -0.2) is 85.9 Å². The van der Waals surface area contributed by atoms with E-state index in [9.17, 15) is 14.7 Å². The number of benzene rings is 1. The minimum Gasteiger partial charge on any atom is -0.395 e. The summed E-state index contributed by atoms with van der Waals surface area (Å²) in [4.78, 5) is 31.5. The van der Waals surface area contributed by atoms with Crippen molar-refractivity contribution in [2.45, 2.75) is 115 Å². The molecule has 1 aromatic carbocycles. The highest BCUT2D eigenvalue weighted by molar-refractivity contribution is 5.97. The van der Waals surface area contributed by atoms with Crippen LogP contribution in [0.3, 0.4) is 0 Å². The Balaban J connectivity index is 1.42. The molecule has 1 aliphatic carbocycles. The molecule has 8 nitrogen and oxygen atoms in total. The van der Waals surface area contributed by atoms with Crippen molar-refractivity contribution in [3.8, 4) is 0 Å². The van der Waals surface area contributed by atoms with Crippen molar-refractivity contribution in [2.75, 3.05) is 44.9 Å². The molecule has 4 fully saturated rings. The molecule has 5 unspecified atom stereocenters. The molecule has 0 spiro atoms. The number of ether oxygens (including phenoxy) is 1. The number of hydrogen-bond donors (Lipinski definition) is 3. The molecule has 42 heavy (non-hydrogen) atoms.